The number of imidazole rings is 1. The molecule has 1 aromatic carbocycles. The van der Waals surface area contributed by atoms with Crippen molar-refractivity contribution in [3.63, 3.8) is 0 Å². The number of hydrogen-bond acceptors (Lipinski definition) is 2. The maximum Gasteiger partial charge on any atom is 0.107 e. The summed E-state index contributed by atoms with van der Waals surface area (Å²) in [4.78, 5) is 11.9. The zero-order chi connectivity index (χ0) is 12.2. The van der Waals surface area contributed by atoms with E-state index in [-0.39, 0.29) is 0 Å². The third-order valence-electron chi connectivity index (χ3n) is 3.05. The van der Waals surface area contributed by atoms with Crippen molar-refractivity contribution in [2.45, 2.75) is 19.3 Å². The molecule has 2 heterocycles. The minimum Gasteiger partial charge on any atom is -0.341 e. The van der Waals surface area contributed by atoms with Crippen molar-refractivity contribution < 1.29 is 0 Å². The van der Waals surface area contributed by atoms with Crippen LogP contribution in [0, 0.1) is 0 Å². The molecule has 3 rings (SSSR count). The quantitative estimate of drug-likeness (QED) is 0.757. The van der Waals surface area contributed by atoms with E-state index in [1.165, 1.54) is 5.56 Å². The second-order valence-electron chi connectivity index (χ2n) is 4.42. The molecule has 1 N–H and O–H groups in total. The lowest BCUT2D eigenvalue weighted by atomic mass is 10.1. The van der Waals surface area contributed by atoms with Gasteiger partial charge in [0.2, 0.25) is 0 Å². The zero-order valence-corrected chi connectivity index (χ0v) is 10.1. The minimum atomic E-state index is 0.976. The topological polar surface area (TPSA) is 41.6 Å². The van der Waals surface area contributed by atoms with Gasteiger partial charge in [0, 0.05) is 12.6 Å². The monoisotopic (exact) mass is 237 g/mol. The molecule has 0 saturated carbocycles. The molecule has 3 heteroatoms. The molecular weight excluding hydrogens is 222 g/mol. The molecule has 0 aliphatic heterocycles. The van der Waals surface area contributed by atoms with Gasteiger partial charge in [-0.1, -0.05) is 30.3 Å². The Labute approximate surface area is 106 Å². The number of nitrogens with one attached hydrogen (secondary N) is 1. The third-order valence-corrected chi connectivity index (χ3v) is 3.05. The number of rotatable bonds is 4. The number of H-pyrrole nitrogens is 1. The summed E-state index contributed by atoms with van der Waals surface area (Å²) < 4.78 is 0. The van der Waals surface area contributed by atoms with Crippen molar-refractivity contribution in [2.75, 3.05) is 0 Å². The predicted octanol–water partition coefficient (Wildman–Crippen LogP) is 3.13. The molecule has 3 nitrogen and oxygen atoms in total. The molecule has 0 atom stereocenters. The Kier molecular flexibility index (Phi) is 3.05. The number of fused-ring (bicyclic) bond motifs is 1. The van der Waals surface area contributed by atoms with E-state index in [0.29, 0.717) is 0 Å². The first-order valence-electron chi connectivity index (χ1n) is 6.24. The fourth-order valence-electron chi connectivity index (χ4n) is 2.13. The van der Waals surface area contributed by atoms with E-state index in [4.69, 9.17) is 0 Å². The zero-order valence-electron chi connectivity index (χ0n) is 10.1. The highest BCUT2D eigenvalue weighted by molar-refractivity contribution is 5.73. The van der Waals surface area contributed by atoms with Crippen LogP contribution in [-0.4, -0.2) is 15.0 Å². The molecule has 90 valence electrons. The maximum absolute atomic E-state index is 4.55. The Bertz CT molecular complexity index is 595. The maximum atomic E-state index is 4.55. The number of benzene rings is 1. The van der Waals surface area contributed by atoms with E-state index in [1.54, 1.807) is 6.20 Å². The highest BCUT2D eigenvalue weighted by Crippen LogP contribution is 2.11. The van der Waals surface area contributed by atoms with Gasteiger partial charge >= 0.3 is 0 Å². The van der Waals surface area contributed by atoms with E-state index in [1.807, 2.05) is 12.3 Å². The van der Waals surface area contributed by atoms with Crippen molar-refractivity contribution in [1.29, 1.82) is 0 Å². The summed E-state index contributed by atoms with van der Waals surface area (Å²) in [6, 6.07) is 12.5. The summed E-state index contributed by atoms with van der Waals surface area (Å²) in [7, 11) is 0. The van der Waals surface area contributed by atoms with Crippen LogP contribution in [0.25, 0.3) is 11.0 Å². The van der Waals surface area contributed by atoms with Gasteiger partial charge in [-0.05, 0) is 24.5 Å². The molecule has 0 radical (unpaired) electrons. The van der Waals surface area contributed by atoms with Gasteiger partial charge in [0.25, 0.3) is 0 Å². The predicted molar refractivity (Wildman–Crippen MR) is 72.4 cm³/mol. The highest BCUT2D eigenvalue weighted by atomic mass is 14.9. The van der Waals surface area contributed by atoms with Crippen LogP contribution in [0.15, 0.2) is 48.8 Å². The summed E-state index contributed by atoms with van der Waals surface area (Å²) in [6.45, 7) is 0. The highest BCUT2D eigenvalue weighted by Gasteiger charge is 2.02. The average molecular weight is 237 g/mol. The standard InChI is InChI=1S/C15H15N3/c1-2-5-12(6-3-1)7-4-8-15-17-13-9-10-16-11-14(13)18-15/h1-3,5-6,9-11H,4,7-8H2,(H,17,18). The van der Waals surface area contributed by atoms with Gasteiger partial charge in [-0.15, -0.1) is 0 Å². The van der Waals surface area contributed by atoms with Crippen LogP contribution < -0.4 is 0 Å². The fourth-order valence-corrected chi connectivity index (χ4v) is 2.13. The van der Waals surface area contributed by atoms with Crippen LogP contribution in [-0.2, 0) is 12.8 Å². The lowest BCUT2D eigenvalue weighted by molar-refractivity contribution is 0.786. The van der Waals surface area contributed by atoms with Crippen molar-refractivity contribution >= 4 is 11.0 Å². The molecule has 0 aliphatic rings. The molecule has 0 bridgehead atoms. The van der Waals surface area contributed by atoms with E-state index < -0.39 is 0 Å². The third kappa shape index (κ3) is 2.40. The van der Waals surface area contributed by atoms with Crippen molar-refractivity contribution in [2.24, 2.45) is 0 Å². The fraction of sp³-hybridized carbons (Fsp3) is 0.200. The van der Waals surface area contributed by atoms with Crippen LogP contribution in [0.5, 0.6) is 0 Å². The Hall–Kier alpha value is -2.16. The molecule has 2 aromatic heterocycles. The number of aryl methyl sites for hydroxylation is 2. The molecule has 0 amide bonds. The second kappa shape index (κ2) is 5.00. The molecule has 18 heavy (non-hydrogen) atoms. The summed E-state index contributed by atoms with van der Waals surface area (Å²) in [5.74, 6) is 1.05. The number of nitrogens with zero attached hydrogens (tertiary/aromatic N) is 2. The van der Waals surface area contributed by atoms with Crippen LogP contribution >= 0.6 is 0 Å². The van der Waals surface area contributed by atoms with E-state index in [9.17, 15) is 0 Å². The summed E-state index contributed by atoms with van der Waals surface area (Å²) >= 11 is 0. The van der Waals surface area contributed by atoms with Crippen LogP contribution in [0.1, 0.15) is 17.8 Å². The Morgan fingerprint density at radius 3 is 2.72 bits per heavy atom. The van der Waals surface area contributed by atoms with E-state index >= 15 is 0 Å². The van der Waals surface area contributed by atoms with E-state index in [2.05, 4.69) is 45.3 Å². The van der Waals surface area contributed by atoms with Crippen LogP contribution in [0.2, 0.25) is 0 Å². The lowest BCUT2D eigenvalue weighted by Gasteiger charge is -1.99. The molecule has 3 aromatic rings. The van der Waals surface area contributed by atoms with Crippen molar-refractivity contribution in [3.8, 4) is 0 Å². The Balaban J connectivity index is 1.63. The first-order valence-corrected chi connectivity index (χ1v) is 6.24. The van der Waals surface area contributed by atoms with Gasteiger partial charge in [-0.3, -0.25) is 4.98 Å². The molecule has 0 spiro atoms. The van der Waals surface area contributed by atoms with Gasteiger partial charge in [0.1, 0.15) is 5.82 Å². The van der Waals surface area contributed by atoms with Gasteiger partial charge in [-0.2, -0.15) is 0 Å². The normalized spacial score (nSPS) is 10.9. The summed E-state index contributed by atoms with van der Waals surface area (Å²) in [5.41, 5.74) is 3.40. The molecule has 0 saturated heterocycles. The second-order valence-corrected chi connectivity index (χ2v) is 4.42. The average Bonchev–Trinajstić information content (AvgIpc) is 2.82. The Morgan fingerprint density at radius 2 is 1.89 bits per heavy atom. The minimum absolute atomic E-state index is 0.976. The van der Waals surface area contributed by atoms with Crippen molar-refractivity contribution in [3.05, 3.63) is 60.2 Å². The largest absolute Gasteiger partial charge is 0.341 e. The molecule has 0 fully saturated rings. The summed E-state index contributed by atoms with van der Waals surface area (Å²) in [6.07, 6.45) is 6.77. The molecule has 0 unspecified atom stereocenters. The smallest absolute Gasteiger partial charge is 0.107 e. The number of aromatic amines is 1. The number of aromatic nitrogens is 3. The Morgan fingerprint density at radius 1 is 1.00 bits per heavy atom. The number of hydrogen-bond donors (Lipinski definition) is 1. The first-order chi connectivity index (χ1) is 8.92. The van der Waals surface area contributed by atoms with Gasteiger partial charge in [0.05, 0.1) is 17.2 Å². The van der Waals surface area contributed by atoms with Gasteiger partial charge < -0.3 is 4.98 Å². The summed E-state index contributed by atoms with van der Waals surface area (Å²) in [5, 5.41) is 0. The van der Waals surface area contributed by atoms with Gasteiger partial charge in [-0.25, -0.2) is 4.98 Å². The molecular formula is C15H15N3. The van der Waals surface area contributed by atoms with Gasteiger partial charge in [0.15, 0.2) is 0 Å². The first kappa shape index (κ1) is 11.0. The number of pyridine rings is 1. The van der Waals surface area contributed by atoms with Crippen LogP contribution in [0.4, 0.5) is 0 Å². The lowest BCUT2D eigenvalue weighted by Crippen LogP contribution is -1.91. The van der Waals surface area contributed by atoms with E-state index in [0.717, 1.165) is 36.1 Å². The molecule has 0 aliphatic carbocycles. The van der Waals surface area contributed by atoms with Crippen molar-refractivity contribution in [1.82, 2.24) is 15.0 Å². The van der Waals surface area contributed by atoms with Crippen LogP contribution in [0.3, 0.4) is 0 Å². The SMILES string of the molecule is c1ccc(CCCc2nc3ccncc3[nH]2)cc1.